The highest BCUT2D eigenvalue weighted by molar-refractivity contribution is 6.01. The average Bonchev–Trinajstić information content (AvgIpc) is 2.85. The fourth-order valence-electron chi connectivity index (χ4n) is 5.65. The molecule has 0 spiro atoms. The van der Waals surface area contributed by atoms with Crippen LogP contribution in [0.2, 0.25) is 0 Å². The first kappa shape index (κ1) is 14.9. The van der Waals surface area contributed by atoms with Crippen LogP contribution >= 0.6 is 0 Å². The second-order valence-corrected chi connectivity index (χ2v) is 8.05. The molecule has 0 heterocycles. The largest absolute Gasteiger partial charge is 0.295 e. The highest BCUT2D eigenvalue weighted by atomic mass is 16.1. The van der Waals surface area contributed by atoms with Gasteiger partial charge >= 0.3 is 0 Å². The molecular formula is C21H24O2. The molecule has 120 valence electrons. The first-order chi connectivity index (χ1) is 10.9. The highest BCUT2D eigenvalue weighted by Gasteiger charge is 2.53. The number of hydrogen-bond acceptors (Lipinski definition) is 2. The molecule has 0 unspecified atom stereocenters. The van der Waals surface area contributed by atoms with Crippen LogP contribution < -0.4 is 0 Å². The van der Waals surface area contributed by atoms with Crippen molar-refractivity contribution in [3.05, 3.63) is 47.1 Å². The van der Waals surface area contributed by atoms with Gasteiger partial charge in [0.25, 0.3) is 0 Å². The van der Waals surface area contributed by atoms with Gasteiger partial charge in [0.1, 0.15) is 0 Å². The van der Waals surface area contributed by atoms with Crippen molar-refractivity contribution < 1.29 is 9.59 Å². The van der Waals surface area contributed by atoms with Gasteiger partial charge in [-0.15, -0.1) is 0 Å². The topological polar surface area (TPSA) is 34.1 Å². The van der Waals surface area contributed by atoms with E-state index in [1.807, 2.05) is 6.08 Å². The number of ketones is 2. The molecule has 4 aliphatic rings. The molecule has 0 radical (unpaired) electrons. The zero-order chi connectivity index (χ0) is 16.4. The number of hydrogen-bond donors (Lipinski definition) is 0. The molecule has 0 bridgehead atoms. The first-order valence-corrected chi connectivity index (χ1v) is 8.72. The summed E-state index contributed by atoms with van der Waals surface area (Å²) in [5, 5.41) is 0. The van der Waals surface area contributed by atoms with Gasteiger partial charge in [-0.3, -0.25) is 9.59 Å². The van der Waals surface area contributed by atoms with Crippen molar-refractivity contribution in [2.24, 2.45) is 22.7 Å². The molecule has 0 aliphatic heterocycles. The SMILES string of the molecule is CC(=O)C1=CC[C@H]2[C@@H]3CCC4=CC(=O)C=C[C@]4(C)C3=CC[C@]12C. The van der Waals surface area contributed by atoms with E-state index < -0.39 is 0 Å². The Morgan fingerprint density at radius 1 is 1.26 bits per heavy atom. The van der Waals surface area contributed by atoms with E-state index in [4.69, 9.17) is 0 Å². The van der Waals surface area contributed by atoms with Crippen LogP contribution in [-0.2, 0) is 9.59 Å². The van der Waals surface area contributed by atoms with Crippen molar-refractivity contribution in [2.45, 2.75) is 46.5 Å². The molecule has 0 saturated heterocycles. The van der Waals surface area contributed by atoms with E-state index in [1.54, 1.807) is 13.0 Å². The summed E-state index contributed by atoms with van der Waals surface area (Å²) in [4.78, 5) is 23.8. The summed E-state index contributed by atoms with van der Waals surface area (Å²) in [5.41, 5.74) is 3.72. The van der Waals surface area contributed by atoms with Gasteiger partial charge in [0.2, 0.25) is 0 Å². The Kier molecular flexibility index (Phi) is 3.01. The Bertz CT molecular complexity index is 733. The van der Waals surface area contributed by atoms with Crippen LogP contribution in [-0.4, -0.2) is 11.6 Å². The Labute approximate surface area is 138 Å². The van der Waals surface area contributed by atoms with Crippen LogP contribution in [0, 0.1) is 22.7 Å². The highest BCUT2D eigenvalue weighted by Crippen LogP contribution is 2.62. The van der Waals surface area contributed by atoms with Crippen molar-refractivity contribution in [3.63, 3.8) is 0 Å². The zero-order valence-corrected chi connectivity index (χ0v) is 14.2. The molecule has 23 heavy (non-hydrogen) atoms. The van der Waals surface area contributed by atoms with Gasteiger partial charge < -0.3 is 0 Å². The van der Waals surface area contributed by atoms with Crippen molar-refractivity contribution >= 4 is 11.6 Å². The Morgan fingerprint density at radius 2 is 2.04 bits per heavy atom. The second-order valence-electron chi connectivity index (χ2n) is 8.05. The van der Waals surface area contributed by atoms with E-state index in [9.17, 15) is 9.59 Å². The number of carbonyl (C=O) groups is 2. The third kappa shape index (κ3) is 1.87. The molecule has 4 aliphatic carbocycles. The molecule has 1 saturated carbocycles. The van der Waals surface area contributed by atoms with Crippen LogP contribution in [0.15, 0.2) is 47.1 Å². The predicted octanol–water partition coefficient (Wildman–Crippen LogP) is 4.34. The fraction of sp³-hybridized carbons (Fsp3) is 0.524. The molecular weight excluding hydrogens is 284 g/mol. The van der Waals surface area contributed by atoms with Crippen LogP contribution in [0.5, 0.6) is 0 Å². The van der Waals surface area contributed by atoms with Crippen molar-refractivity contribution in [1.82, 2.24) is 0 Å². The number of allylic oxidation sites excluding steroid dienone is 8. The minimum Gasteiger partial charge on any atom is -0.295 e. The van der Waals surface area contributed by atoms with Crippen molar-refractivity contribution in [1.29, 1.82) is 0 Å². The average molecular weight is 308 g/mol. The van der Waals surface area contributed by atoms with E-state index in [2.05, 4.69) is 32.1 Å². The quantitative estimate of drug-likeness (QED) is 0.675. The molecule has 0 aromatic rings. The molecule has 2 nitrogen and oxygen atoms in total. The smallest absolute Gasteiger partial charge is 0.178 e. The van der Waals surface area contributed by atoms with E-state index in [0.29, 0.717) is 11.8 Å². The lowest BCUT2D eigenvalue weighted by atomic mass is 9.52. The molecule has 1 fully saturated rings. The van der Waals surface area contributed by atoms with Crippen molar-refractivity contribution in [3.8, 4) is 0 Å². The molecule has 0 amide bonds. The molecule has 0 aromatic heterocycles. The lowest BCUT2D eigenvalue weighted by molar-refractivity contribution is -0.115. The van der Waals surface area contributed by atoms with Gasteiger partial charge in [0, 0.05) is 10.8 Å². The van der Waals surface area contributed by atoms with Crippen LogP contribution in [0.4, 0.5) is 0 Å². The van der Waals surface area contributed by atoms with E-state index >= 15 is 0 Å². The number of fused-ring (bicyclic) bond motifs is 5. The van der Waals surface area contributed by atoms with Crippen LogP contribution in [0.25, 0.3) is 0 Å². The summed E-state index contributed by atoms with van der Waals surface area (Å²) in [6.07, 6.45) is 14.3. The minimum atomic E-state index is -0.0862. The Balaban J connectivity index is 1.77. The zero-order valence-electron chi connectivity index (χ0n) is 14.2. The predicted molar refractivity (Wildman–Crippen MR) is 90.7 cm³/mol. The summed E-state index contributed by atoms with van der Waals surface area (Å²) in [6.45, 7) is 6.24. The number of rotatable bonds is 1. The van der Waals surface area contributed by atoms with Gasteiger partial charge in [0.15, 0.2) is 11.6 Å². The first-order valence-electron chi connectivity index (χ1n) is 8.72. The maximum Gasteiger partial charge on any atom is 0.178 e. The van der Waals surface area contributed by atoms with Gasteiger partial charge in [0.05, 0.1) is 0 Å². The standard InChI is InChI=1S/C21H24O2/c1-13(22)17-6-7-18-16-5-4-14-12-15(23)8-10-20(14,2)19(16)9-11-21(17,18)3/h6,8-10,12,16,18H,4-5,7,11H2,1-3H3/t16-,18-,20-,21+/m0/s1. The van der Waals surface area contributed by atoms with E-state index in [-0.39, 0.29) is 22.4 Å². The van der Waals surface area contributed by atoms with E-state index in [0.717, 1.165) is 31.3 Å². The fourth-order valence-corrected chi connectivity index (χ4v) is 5.65. The maximum atomic E-state index is 12.0. The Morgan fingerprint density at radius 3 is 2.78 bits per heavy atom. The van der Waals surface area contributed by atoms with E-state index in [1.165, 1.54) is 11.1 Å². The van der Waals surface area contributed by atoms with Crippen LogP contribution in [0.1, 0.15) is 46.5 Å². The lowest BCUT2D eigenvalue weighted by Crippen LogP contribution is -2.43. The molecule has 4 rings (SSSR count). The summed E-state index contributed by atoms with van der Waals surface area (Å²) >= 11 is 0. The lowest BCUT2D eigenvalue weighted by Gasteiger charge is -2.51. The van der Waals surface area contributed by atoms with Gasteiger partial charge in [-0.25, -0.2) is 0 Å². The molecule has 0 N–H and O–H groups in total. The molecule has 0 aromatic carbocycles. The number of carbonyl (C=O) groups excluding carboxylic acids is 2. The Hall–Kier alpha value is -1.70. The van der Waals surface area contributed by atoms with Gasteiger partial charge in [-0.2, -0.15) is 0 Å². The van der Waals surface area contributed by atoms with Gasteiger partial charge in [-0.05, 0) is 69.1 Å². The minimum absolute atomic E-state index is 0.00573. The maximum absolute atomic E-state index is 12.0. The summed E-state index contributed by atoms with van der Waals surface area (Å²) in [5.74, 6) is 1.42. The normalized spacial score (nSPS) is 41.3. The third-order valence-electron chi connectivity index (χ3n) is 6.91. The van der Waals surface area contributed by atoms with Crippen molar-refractivity contribution in [2.75, 3.05) is 0 Å². The second kappa shape index (κ2) is 4.66. The summed E-state index contributed by atoms with van der Waals surface area (Å²) in [7, 11) is 0. The summed E-state index contributed by atoms with van der Waals surface area (Å²) < 4.78 is 0. The summed E-state index contributed by atoms with van der Waals surface area (Å²) in [6, 6.07) is 0. The monoisotopic (exact) mass is 308 g/mol. The molecule has 2 heteroatoms. The van der Waals surface area contributed by atoms with Gasteiger partial charge in [-0.1, -0.05) is 36.3 Å². The third-order valence-corrected chi connectivity index (χ3v) is 6.91. The molecule has 4 atom stereocenters. The van der Waals surface area contributed by atoms with Crippen LogP contribution in [0.3, 0.4) is 0 Å². The number of Topliss-reactive ketones (excluding diaryl/α,β-unsaturated/α-hetero) is 1.